The molecule has 16 heteroatoms. The Bertz CT molecular complexity index is 1750. The standard InChI is InChI=1S/C30H37N6O9P/c1-18(2)43-28(39)19(3)35-46(40,45-21-13-9-6-10-14-21)42-16-30(4)24(41-15-20-11-7-5-8-12-20)23(37)27(44-30)36-17-32-22-25(36)33-29(31)34-26(22)38/h5-14,17-19,23-24,27,37H,15-16H2,1-4H3,(H,35,40)(H3,31,33,34,38)/t19?,23-,24+,27?,30-,46?/m1/s1. The second-order valence-electron chi connectivity index (χ2n) is 11.3. The Balaban J connectivity index is 1.45. The lowest BCUT2D eigenvalue weighted by Gasteiger charge is -2.32. The fourth-order valence-corrected chi connectivity index (χ4v) is 6.56. The van der Waals surface area contributed by atoms with E-state index >= 15 is 0 Å². The number of aliphatic hydroxyl groups is 1. The Hall–Kier alpha value is -4.11. The van der Waals surface area contributed by atoms with E-state index in [1.54, 1.807) is 51.1 Å². The van der Waals surface area contributed by atoms with Gasteiger partial charge in [-0.25, -0.2) is 9.55 Å². The van der Waals surface area contributed by atoms with Crippen LogP contribution < -0.4 is 20.9 Å². The molecule has 6 atom stereocenters. The van der Waals surface area contributed by atoms with Gasteiger partial charge in [0, 0.05) is 0 Å². The van der Waals surface area contributed by atoms with Gasteiger partial charge in [-0.3, -0.25) is 23.7 Å². The first-order chi connectivity index (χ1) is 21.9. The van der Waals surface area contributed by atoms with Gasteiger partial charge >= 0.3 is 13.7 Å². The largest absolute Gasteiger partial charge is 0.462 e. The summed E-state index contributed by atoms with van der Waals surface area (Å²) in [6.07, 6.45) is -2.69. The minimum atomic E-state index is -4.31. The SMILES string of the molecule is CC(C)OC(=O)C(C)NP(=O)(OC[C@@]1(C)OC(n2cnc3c(=O)[nH]c(N)nc32)[C@H](O)[C@@H]1OCc1ccccc1)Oc1ccccc1. The monoisotopic (exact) mass is 656 g/mol. The molecule has 5 rings (SSSR count). The fraction of sp³-hybridized carbons (Fsp3) is 0.400. The van der Waals surface area contributed by atoms with Crippen LogP contribution in [-0.4, -0.2) is 67.2 Å². The number of anilines is 1. The molecule has 1 aliphatic heterocycles. The Morgan fingerprint density at radius 2 is 1.85 bits per heavy atom. The first-order valence-corrected chi connectivity index (χ1v) is 16.1. The lowest BCUT2D eigenvalue weighted by atomic mass is 9.98. The zero-order chi connectivity index (χ0) is 33.1. The zero-order valence-corrected chi connectivity index (χ0v) is 26.6. The molecule has 3 heterocycles. The summed E-state index contributed by atoms with van der Waals surface area (Å²) in [6.45, 7) is 6.13. The third-order valence-electron chi connectivity index (χ3n) is 7.14. The van der Waals surface area contributed by atoms with E-state index in [1.165, 1.54) is 17.8 Å². The van der Waals surface area contributed by atoms with Crippen molar-refractivity contribution in [2.45, 2.75) is 70.5 Å². The van der Waals surface area contributed by atoms with Crippen LogP contribution in [0.1, 0.15) is 39.5 Å². The van der Waals surface area contributed by atoms with E-state index in [0.717, 1.165) is 5.56 Å². The molecule has 4 aromatic rings. The number of carbonyl (C=O) groups excluding carboxylic acids is 1. The predicted molar refractivity (Wildman–Crippen MR) is 167 cm³/mol. The Morgan fingerprint density at radius 3 is 2.52 bits per heavy atom. The highest BCUT2D eigenvalue weighted by atomic mass is 31.2. The fourth-order valence-electron chi connectivity index (χ4n) is 4.97. The van der Waals surface area contributed by atoms with Gasteiger partial charge in [0.05, 0.1) is 25.6 Å². The van der Waals surface area contributed by atoms with Crippen LogP contribution in [0, 0.1) is 0 Å². The number of carbonyl (C=O) groups is 1. The van der Waals surface area contributed by atoms with Gasteiger partial charge in [0.1, 0.15) is 29.6 Å². The maximum Gasteiger partial charge on any atom is 0.459 e. The topological polar surface area (TPSA) is 202 Å². The van der Waals surface area contributed by atoms with E-state index in [-0.39, 0.29) is 29.5 Å². The highest BCUT2D eigenvalue weighted by Gasteiger charge is 2.55. The van der Waals surface area contributed by atoms with Gasteiger partial charge in [0.2, 0.25) is 5.95 Å². The van der Waals surface area contributed by atoms with Crippen molar-refractivity contribution in [3.8, 4) is 5.75 Å². The summed E-state index contributed by atoms with van der Waals surface area (Å²) in [5.41, 5.74) is 4.64. The lowest BCUT2D eigenvalue weighted by Crippen LogP contribution is -2.46. The second kappa shape index (κ2) is 13.7. The molecule has 15 nitrogen and oxygen atoms in total. The Labute approximate surface area is 264 Å². The summed E-state index contributed by atoms with van der Waals surface area (Å²) >= 11 is 0. The number of fused-ring (bicyclic) bond motifs is 1. The zero-order valence-electron chi connectivity index (χ0n) is 25.7. The molecule has 0 saturated carbocycles. The highest BCUT2D eigenvalue weighted by Crippen LogP contribution is 2.48. The Kier molecular flexibility index (Phi) is 9.91. The van der Waals surface area contributed by atoms with E-state index in [1.807, 2.05) is 30.3 Å². The molecule has 5 N–H and O–H groups in total. The van der Waals surface area contributed by atoms with Crippen LogP contribution in [-0.2, 0) is 34.7 Å². The summed E-state index contributed by atoms with van der Waals surface area (Å²) < 4.78 is 45.2. The quantitative estimate of drug-likeness (QED) is 0.121. The number of aliphatic hydroxyl groups excluding tert-OH is 1. The van der Waals surface area contributed by atoms with Crippen LogP contribution in [0.5, 0.6) is 5.75 Å². The average Bonchev–Trinajstić information content (AvgIpc) is 3.54. The van der Waals surface area contributed by atoms with Gasteiger partial charge in [0.15, 0.2) is 17.4 Å². The molecular weight excluding hydrogens is 619 g/mol. The molecule has 0 spiro atoms. The van der Waals surface area contributed by atoms with Gasteiger partial charge in [0.25, 0.3) is 5.56 Å². The number of nitrogens with zero attached hydrogens (tertiary/aromatic N) is 3. The van der Waals surface area contributed by atoms with Gasteiger partial charge in [-0.2, -0.15) is 10.1 Å². The van der Waals surface area contributed by atoms with E-state index < -0.39 is 62.1 Å². The molecule has 0 bridgehead atoms. The number of esters is 1. The molecule has 2 aromatic heterocycles. The number of hydrogen-bond acceptors (Lipinski definition) is 12. The first-order valence-electron chi connectivity index (χ1n) is 14.6. The van der Waals surface area contributed by atoms with Crippen LogP contribution in [0.25, 0.3) is 11.2 Å². The number of aromatic nitrogens is 4. The van der Waals surface area contributed by atoms with Crippen molar-refractivity contribution in [2.75, 3.05) is 12.3 Å². The maximum atomic E-state index is 14.2. The Morgan fingerprint density at radius 1 is 1.17 bits per heavy atom. The lowest BCUT2D eigenvalue weighted by molar-refractivity contribution is -0.149. The first kappa shape index (κ1) is 33.3. The third-order valence-corrected chi connectivity index (χ3v) is 8.76. The number of nitrogen functional groups attached to an aromatic ring is 1. The van der Waals surface area contributed by atoms with Crippen molar-refractivity contribution >= 4 is 30.8 Å². The normalized spacial score (nSPS) is 23.3. The van der Waals surface area contributed by atoms with Gasteiger partial charge in [-0.1, -0.05) is 48.5 Å². The van der Waals surface area contributed by atoms with Gasteiger partial charge in [-0.15, -0.1) is 0 Å². The molecule has 0 aliphatic carbocycles. The summed E-state index contributed by atoms with van der Waals surface area (Å²) in [6, 6.07) is 16.5. The molecule has 0 amide bonds. The van der Waals surface area contributed by atoms with Crippen LogP contribution in [0.2, 0.25) is 0 Å². The van der Waals surface area contributed by atoms with E-state index in [2.05, 4.69) is 20.0 Å². The molecule has 0 radical (unpaired) electrons. The summed E-state index contributed by atoms with van der Waals surface area (Å²) in [5, 5.41) is 14.3. The minimum absolute atomic E-state index is 0.0103. The van der Waals surface area contributed by atoms with E-state index in [4.69, 9.17) is 29.0 Å². The number of nitrogens with two attached hydrogens (primary N) is 1. The van der Waals surface area contributed by atoms with Crippen molar-refractivity contribution in [3.63, 3.8) is 0 Å². The van der Waals surface area contributed by atoms with Crippen molar-refractivity contribution < 1.29 is 37.7 Å². The molecule has 246 valence electrons. The van der Waals surface area contributed by atoms with Crippen LogP contribution in [0.3, 0.4) is 0 Å². The van der Waals surface area contributed by atoms with E-state index in [9.17, 15) is 19.3 Å². The highest BCUT2D eigenvalue weighted by molar-refractivity contribution is 7.52. The van der Waals surface area contributed by atoms with Crippen molar-refractivity contribution in [3.05, 3.63) is 82.9 Å². The van der Waals surface area contributed by atoms with Crippen LogP contribution in [0.15, 0.2) is 71.8 Å². The summed E-state index contributed by atoms with van der Waals surface area (Å²) in [7, 11) is -4.31. The number of hydrogen-bond donors (Lipinski definition) is 4. The third kappa shape index (κ3) is 7.47. The molecule has 46 heavy (non-hydrogen) atoms. The number of rotatable bonds is 13. The number of H-pyrrole nitrogens is 1. The maximum absolute atomic E-state index is 14.2. The molecule has 2 aromatic carbocycles. The molecule has 3 unspecified atom stereocenters. The molecule has 1 fully saturated rings. The summed E-state index contributed by atoms with van der Waals surface area (Å²) in [5.74, 6) is -0.592. The average molecular weight is 657 g/mol. The van der Waals surface area contributed by atoms with E-state index in [0.29, 0.717) is 0 Å². The predicted octanol–water partition coefficient (Wildman–Crippen LogP) is 3.07. The number of nitrogens with one attached hydrogen (secondary N) is 2. The number of benzene rings is 2. The smallest absolute Gasteiger partial charge is 0.459 e. The summed E-state index contributed by atoms with van der Waals surface area (Å²) in [4.78, 5) is 35.7. The minimum Gasteiger partial charge on any atom is -0.462 e. The molecular formula is C30H37N6O9P. The van der Waals surface area contributed by atoms with Crippen LogP contribution in [0.4, 0.5) is 5.95 Å². The van der Waals surface area contributed by atoms with Gasteiger partial charge in [-0.05, 0) is 45.4 Å². The number of aromatic amines is 1. The molecule has 1 aliphatic rings. The number of ether oxygens (including phenoxy) is 3. The van der Waals surface area contributed by atoms with Crippen molar-refractivity contribution in [1.82, 2.24) is 24.6 Å². The second-order valence-corrected chi connectivity index (χ2v) is 13.0. The van der Waals surface area contributed by atoms with Gasteiger partial charge < -0.3 is 29.6 Å². The van der Waals surface area contributed by atoms with Crippen molar-refractivity contribution in [1.29, 1.82) is 0 Å². The van der Waals surface area contributed by atoms with Crippen molar-refractivity contribution in [2.24, 2.45) is 0 Å². The van der Waals surface area contributed by atoms with Crippen LogP contribution >= 0.6 is 7.75 Å². The number of para-hydroxylation sites is 1. The number of imidazole rings is 1. The molecule has 1 saturated heterocycles.